The van der Waals surface area contributed by atoms with Crippen LogP contribution in [0.1, 0.15) is 31.7 Å². The summed E-state index contributed by atoms with van der Waals surface area (Å²) in [6, 6.07) is 5.66. The molecule has 2 amide bonds. The number of anilines is 1. The lowest BCUT2D eigenvalue weighted by Crippen LogP contribution is -2.37. The van der Waals surface area contributed by atoms with Crippen LogP contribution < -0.4 is 16.0 Å². The van der Waals surface area contributed by atoms with Crippen LogP contribution in [0, 0.1) is 18.8 Å². The van der Waals surface area contributed by atoms with Crippen molar-refractivity contribution >= 4 is 33.4 Å². The maximum Gasteiger partial charge on any atom is 0.243 e. The van der Waals surface area contributed by atoms with E-state index in [1.165, 1.54) is 12.8 Å². The molecule has 1 heterocycles. The number of carbonyl (C=O) groups is 2. The number of piperidine rings is 1. The molecule has 0 radical (unpaired) electrons. The van der Waals surface area contributed by atoms with Crippen molar-refractivity contribution in [2.75, 3.05) is 25.0 Å². The van der Waals surface area contributed by atoms with E-state index in [2.05, 4.69) is 38.8 Å². The smallest absolute Gasteiger partial charge is 0.243 e. The van der Waals surface area contributed by atoms with Gasteiger partial charge in [-0.3, -0.25) is 9.59 Å². The molecule has 132 valence electrons. The van der Waals surface area contributed by atoms with Gasteiger partial charge in [-0.15, -0.1) is 0 Å². The minimum atomic E-state index is -0.208. The fourth-order valence-electron chi connectivity index (χ4n) is 3.04. The van der Waals surface area contributed by atoms with E-state index in [0.29, 0.717) is 18.3 Å². The Morgan fingerprint density at radius 3 is 2.83 bits per heavy atom. The minimum absolute atomic E-state index is 0.00394. The number of amides is 2. The number of hydrogen-bond donors (Lipinski definition) is 3. The quantitative estimate of drug-likeness (QED) is 0.693. The molecule has 0 aromatic heterocycles. The normalized spacial score (nSPS) is 18.7. The summed E-state index contributed by atoms with van der Waals surface area (Å²) in [6.07, 6.45) is 2.81. The standard InChI is InChI=1S/C18H26BrN3O2/c1-12(14-4-3-7-20-10-14)9-17(23)21-11-18(24)22-16-6-5-15(19)8-13(16)2/h5-6,8,12,14,20H,3-4,7,9-11H2,1-2H3,(H,21,23)(H,22,24). The van der Waals surface area contributed by atoms with E-state index in [0.717, 1.165) is 28.8 Å². The molecule has 2 unspecified atom stereocenters. The molecule has 2 rings (SSSR count). The van der Waals surface area contributed by atoms with Gasteiger partial charge < -0.3 is 16.0 Å². The van der Waals surface area contributed by atoms with Crippen molar-refractivity contribution in [3.63, 3.8) is 0 Å². The number of rotatable bonds is 6. The highest BCUT2D eigenvalue weighted by Gasteiger charge is 2.22. The van der Waals surface area contributed by atoms with E-state index in [9.17, 15) is 9.59 Å². The summed E-state index contributed by atoms with van der Waals surface area (Å²) < 4.78 is 0.970. The highest BCUT2D eigenvalue weighted by Crippen LogP contribution is 2.22. The predicted molar refractivity (Wildman–Crippen MR) is 99.9 cm³/mol. The summed E-state index contributed by atoms with van der Waals surface area (Å²) in [5, 5.41) is 8.92. The number of aryl methyl sites for hydroxylation is 1. The van der Waals surface area contributed by atoms with Crippen LogP contribution >= 0.6 is 15.9 Å². The lowest BCUT2D eigenvalue weighted by Gasteiger charge is -2.27. The summed E-state index contributed by atoms with van der Waals surface area (Å²) in [5.74, 6) is 0.606. The number of carbonyl (C=O) groups excluding carboxylic acids is 2. The Morgan fingerprint density at radius 1 is 1.38 bits per heavy atom. The maximum absolute atomic E-state index is 12.0. The Morgan fingerprint density at radius 2 is 2.17 bits per heavy atom. The van der Waals surface area contributed by atoms with Gasteiger partial charge in [0, 0.05) is 16.6 Å². The van der Waals surface area contributed by atoms with Crippen molar-refractivity contribution in [2.45, 2.75) is 33.1 Å². The zero-order chi connectivity index (χ0) is 17.5. The molecule has 1 aliphatic rings. The van der Waals surface area contributed by atoms with Crippen LogP contribution in [0.5, 0.6) is 0 Å². The van der Waals surface area contributed by atoms with Crippen molar-refractivity contribution in [3.05, 3.63) is 28.2 Å². The number of benzene rings is 1. The highest BCUT2D eigenvalue weighted by atomic mass is 79.9. The molecule has 5 nitrogen and oxygen atoms in total. The second-order valence-corrected chi connectivity index (χ2v) is 7.49. The van der Waals surface area contributed by atoms with Gasteiger partial charge in [0.25, 0.3) is 0 Å². The topological polar surface area (TPSA) is 70.2 Å². The molecular weight excluding hydrogens is 370 g/mol. The van der Waals surface area contributed by atoms with Gasteiger partial charge in [0.1, 0.15) is 0 Å². The molecule has 1 saturated heterocycles. The lowest BCUT2D eigenvalue weighted by molar-refractivity contribution is -0.125. The average Bonchev–Trinajstić information content (AvgIpc) is 2.56. The zero-order valence-electron chi connectivity index (χ0n) is 14.3. The van der Waals surface area contributed by atoms with Gasteiger partial charge in [-0.1, -0.05) is 22.9 Å². The minimum Gasteiger partial charge on any atom is -0.347 e. The van der Waals surface area contributed by atoms with Crippen molar-refractivity contribution in [1.29, 1.82) is 0 Å². The summed E-state index contributed by atoms with van der Waals surface area (Å²) in [6.45, 7) is 6.11. The summed E-state index contributed by atoms with van der Waals surface area (Å²) >= 11 is 3.39. The van der Waals surface area contributed by atoms with Crippen molar-refractivity contribution in [2.24, 2.45) is 11.8 Å². The van der Waals surface area contributed by atoms with Crippen molar-refractivity contribution in [1.82, 2.24) is 10.6 Å². The van der Waals surface area contributed by atoms with Crippen LogP contribution in [0.25, 0.3) is 0 Å². The fraction of sp³-hybridized carbons (Fsp3) is 0.556. The molecule has 1 aliphatic heterocycles. The van der Waals surface area contributed by atoms with Crippen molar-refractivity contribution < 1.29 is 9.59 Å². The molecule has 1 aromatic carbocycles. The molecule has 0 aliphatic carbocycles. The first-order chi connectivity index (χ1) is 11.5. The third-order valence-corrected chi connectivity index (χ3v) is 5.05. The van der Waals surface area contributed by atoms with E-state index in [1.807, 2.05) is 25.1 Å². The molecule has 1 aromatic rings. The van der Waals surface area contributed by atoms with E-state index >= 15 is 0 Å². The van der Waals surface area contributed by atoms with Crippen LogP contribution in [0.15, 0.2) is 22.7 Å². The monoisotopic (exact) mass is 395 g/mol. The van der Waals surface area contributed by atoms with Crippen LogP contribution in [0.3, 0.4) is 0 Å². The Labute approximate surface area is 152 Å². The van der Waals surface area contributed by atoms with Gasteiger partial charge in [-0.2, -0.15) is 0 Å². The molecule has 0 bridgehead atoms. The lowest BCUT2D eigenvalue weighted by atomic mass is 9.85. The Bertz CT molecular complexity index is 586. The largest absolute Gasteiger partial charge is 0.347 e. The van der Waals surface area contributed by atoms with Crippen LogP contribution in [-0.4, -0.2) is 31.4 Å². The van der Waals surface area contributed by atoms with Gasteiger partial charge in [0.2, 0.25) is 11.8 Å². The first-order valence-corrected chi connectivity index (χ1v) is 9.28. The first kappa shape index (κ1) is 18.9. The second kappa shape index (κ2) is 9.18. The molecule has 0 saturated carbocycles. The molecule has 3 N–H and O–H groups in total. The average molecular weight is 396 g/mol. The van der Waals surface area contributed by atoms with Crippen LogP contribution in [-0.2, 0) is 9.59 Å². The Balaban J connectivity index is 1.73. The van der Waals surface area contributed by atoms with Gasteiger partial charge >= 0.3 is 0 Å². The van der Waals surface area contributed by atoms with E-state index in [1.54, 1.807) is 0 Å². The van der Waals surface area contributed by atoms with Gasteiger partial charge in [0.15, 0.2) is 0 Å². The molecule has 1 fully saturated rings. The van der Waals surface area contributed by atoms with Gasteiger partial charge in [0.05, 0.1) is 6.54 Å². The number of nitrogens with one attached hydrogen (secondary N) is 3. The van der Waals surface area contributed by atoms with Gasteiger partial charge in [-0.25, -0.2) is 0 Å². The summed E-state index contributed by atoms with van der Waals surface area (Å²) in [7, 11) is 0. The highest BCUT2D eigenvalue weighted by molar-refractivity contribution is 9.10. The fourth-order valence-corrected chi connectivity index (χ4v) is 3.51. The SMILES string of the molecule is Cc1cc(Br)ccc1NC(=O)CNC(=O)CC(C)C1CCCNC1. The first-order valence-electron chi connectivity index (χ1n) is 8.49. The molecule has 0 spiro atoms. The number of hydrogen-bond acceptors (Lipinski definition) is 3. The zero-order valence-corrected chi connectivity index (χ0v) is 15.9. The van der Waals surface area contributed by atoms with E-state index in [4.69, 9.17) is 0 Å². The predicted octanol–water partition coefficient (Wildman–Crippen LogP) is 2.84. The second-order valence-electron chi connectivity index (χ2n) is 6.57. The summed E-state index contributed by atoms with van der Waals surface area (Å²) in [5.41, 5.74) is 1.74. The maximum atomic E-state index is 12.0. The Hall–Kier alpha value is -1.40. The Kier molecular flexibility index (Phi) is 7.24. The van der Waals surface area contributed by atoms with Crippen LogP contribution in [0.2, 0.25) is 0 Å². The molecular formula is C18H26BrN3O2. The van der Waals surface area contributed by atoms with E-state index in [-0.39, 0.29) is 18.4 Å². The molecule has 24 heavy (non-hydrogen) atoms. The third-order valence-electron chi connectivity index (χ3n) is 4.56. The third kappa shape index (κ3) is 5.91. The van der Waals surface area contributed by atoms with Crippen LogP contribution in [0.4, 0.5) is 5.69 Å². The van der Waals surface area contributed by atoms with Gasteiger partial charge in [-0.05, 0) is 68.5 Å². The number of halogens is 1. The van der Waals surface area contributed by atoms with E-state index < -0.39 is 0 Å². The van der Waals surface area contributed by atoms with Crippen molar-refractivity contribution in [3.8, 4) is 0 Å². The molecule has 6 heteroatoms. The summed E-state index contributed by atoms with van der Waals surface area (Å²) in [4.78, 5) is 24.0. The molecule has 2 atom stereocenters.